The molecule has 3 saturated carbocycles. The van der Waals surface area contributed by atoms with Crippen LogP contribution in [0.5, 0.6) is 0 Å². The topological polar surface area (TPSA) is 322 Å². The molecular formula is C59H93BN10O12. The van der Waals surface area contributed by atoms with E-state index in [1.807, 2.05) is 19.1 Å². The van der Waals surface area contributed by atoms with Crippen molar-refractivity contribution in [1.29, 1.82) is 0 Å². The van der Waals surface area contributed by atoms with Gasteiger partial charge in [0, 0.05) is 32.1 Å². The molecule has 12 N–H and O–H groups in total. The number of nitrogens with one attached hydrogen (secondary N) is 8. The largest absolute Gasteiger partial charge is 0.497 e. The van der Waals surface area contributed by atoms with Gasteiger partial charge in [0.25, 0.3) is 11.8 Å². The van der Waals surface area contributed by atoms with Crippen molar-refractivity contribution in [3.05, 3.63) is 59.7 Å². The molecule has 3 aliphatic carbocycles. The smallest absolute Gasteiger partial charge is 0.444 e. The number of rotatable bonds is 29. The van der Waals surface area contributed by atoms with Crippen molar-refractivity contribution in [2.24, 2.45) is 28.7 Å². The Balaban J connectivity index is 1.23. The van der Waals surface area contributed by atoms with E-state index >= 15 is 0 Å². The first-order valence-electron chi connectivity index (χ1n) is 29.2. The van der Waals surface area contributed by atoms with Crippen molar-refractivity contribution < 1.29 is 57.1 Å². The van der Waals surface area contributed by atoms with Crippen molar-refractivity contribution in [2.45, 2.75) is 213 Å². The Morgan fingerprint density at radius 3 is 1.71 bits per heavy atom. The molecule has 2 bridgehead atoms. The summed E-state index contributed by atoms with van der Waals surface area (Å²) in [5, 5.41) is 21.3. The van der Waals surface area contributed by atoms with Crippen LogP contribution in [0.3, 0.4) is 0 Å². The first-order chi connectivity index (χ1) is 38.5. The summed E-state index contributed by atoms with van der Waals surface area (Å²) in [5.74, 6) is -3.30. The van der Waals surface area contributed by atoms with Gasteiger partial charge in [-0.15, -0.1) is 0 Å². The highest BCUT2D eigenvalue weighted by atomic mass is 16.7. The van der Waals surface area contributed by atoms with Gasteiger partial charge in [-0.3, -0.25) is 28.8 Å². The highest BCUT2D eigenvalue weighted by molar-refractivity contribution is 6.47. The molecule has 22 nitrogen and oxygen atoms in total. The van der Waals surface area contributed by atoms with Gasteiger partial charge in [0.15, 0.2) is 6.17 Å². The van der Waals surface area contributed by atoms with Gasteiger partial charge in [-0.2, -0.15) is 0 Å². The summed E-state index contributed by atoms with van der Waals surface area (Å²) in [5.41, 5.74) is 14.7. The molecule has 4 fully saturated rings. The van der Waals surface area contributed by atoms with Gasteiger partial charge < -0.3 is 72.8 Å². The molecule has 1 heterocycles. The zero-order valence-electron chi connectivity index (χ0n) is 50.2. The predicted octanol–water partition coefficient (Wildman–Crippen LogP) is 5.14. The predicted molar refractivity (Wildman–Crippen MR) is 312 cm³/mol. The maximum atomic E-state index is 14.1. The van der Waals surface area contributed by atoms with Crippen LogP contribution in [0, 0.1) is 17.3 Å². The van der Waals surface area contributed by atoms with Crippen molar-refractivity contribution >= 4 is 54.7 Å². The van der Waals surface area contributed by atoms with Crippen LogP contribution in [0.4, 0.5) is 9.59 Å². The van der Waals surface area contributed by atoms with E-state index in [1.165, 1.54) is 12.5 Å². The fourth-order valence-electron chi connectivity index (χ4n) is 10.9. The van der Waals surface area contributed by atoms with Crippen LogP contribution in [-0.2, 0) is 49.2 Å². The van der Waals surface area contributed by atoms with E-state index in [9.17, 15) is 38.4 Å². The summed E-state index contributed by atoms with van der Waals surface area (Å²) in [7, 11) is -0.956. The number of alkyl carbamates (subject to hydrolysis) is 2. The molecule has 0 aromatic heterocycles. The third kappa shape index (κ3) is 20.0. The van der Waals surface area contributed by atoms with Crippen LogP contribution in [0.15, 0.2) is 48.5 Å². The Labute approximate surface area is 484 Å². The molecule has 23 heteroatoms. The molecule has 1 unspecified atom stereocenters. The summed E-state index contributed by atoms with van der Waals surface area (Å²) >= 11 is 0. The van der Waals surface area contributed by atoms with E-state index < -0.39 is 96.0 Å². The Kier molecular flexibility index (Phi) is 24.2. The first-order valence-corrected chi connectivity index (χ1v) is 29.2. The van der Waals surface area contributed by atoms with Gasteiger partial charge >= 0.3 is 19.3 Å². The Morgan fingerprint density at radius 1 is 0.622 bits per heavy atom. The minimum atomic E-state index is -1.73. The SMILES string of the molecule is CCCCc1ccc(-c2ccc(C(=O)NCCCC[C@H](NC(=O)[C@H](CCNC(=O)OC(C)(C)C)NC(C)=O)C(=O)N[C@@H](N)C(=O)N[C@@H](CCCCCNC(=O)OC(C)(C)C)C(=O)N[C@@H](N)B3OC4C[C@@H]5C[C@@H](C5(C)C)[C@]4(C)O3)cc2)cc1. The summed E-state index contributed by atoms with van der Waals surface area (Å²) in [6.45, 7) is 20.7. The number of amides is 8. The lowest BCUT2D eigenvalue weighted by Crippen LogP contribution is -2.65. The summed E-state index contributed by atoms with van der Waals surface area (Å²) < 4.78 is 23.4. The van der Waals surface area contributed by atoms with Crippen LogP contribution in [0.2, 0.25) is 0 Å². The summed E-state index contributed by atoms with van der Waals surface area (Å²) in [4.78, 5) is 106. The third-order valence-corrected chi connectivity index (χ3v) is 15.5. The molecule has 4 aliphatic rings. The zero-order valence-corrected chi connectivity index (χ0v) is 50.2. The molecule has 2 aromatic rings. The van der Waals surface area contributed by atoms with E-state index in [4.69, 9.17) is 30.2 Å². The average Bonchev–Trinajstić information content (AvgIpc) is 1.59. The van der Waals surface area contributed by atoms with Crippen LogP contribution in [0.25, 0.3) is 11.1 Å². The number of hydrogen-bond donors (Lipinski definition) is 10. The van der Waals surface area contributed by atoms with Crippen LogP contribution >= 0.6 is 0 Å². The normalized spacial score (nSPS) is 20.6. The second-order valence-electron chi connectivity index (χ2n) is 24.9. The fourth-order valence-corrected chi connectivity index (χ4v) is 10.9. The van der Waals surface area contributed by atoms with Gasteiger partial charge in [-0.25, -0.2) is 9.59 Å². The lowest BCUT2D eigenvalue weighted by atomic mass is 9.43. The number of aryl methyl sites for hydroxylation is 1. The van der Waals surface area contributed by atoms with Crippen LogP contribution < -0.4 is 54.0 Å². The maximum absolute atomic E-state index is 14.1. The van der Waals surface area contributed by atoms with Crippen LogP contribution in [0.1, 0.15) is 169 Å². The Hall–Kier alpha value is -6.30. The van der Waals surface area contributed by atoms with Crippen molar-refractivity contribution in [2.75, 3.05) is 19.6 Å². The van der Waals surface area contributed by atoms with E-state index in [2.05, 4.69) is 87.6 Å². The molecule has 6 rings (SSSR count). The molecule has 2 aromatic carbocycles. The lowest BCUT2D eigenvalue weighted by molar-refractivity contribution is -0.199. The summed E-state index contributed by atoms with van der Waals surface area (Å²) in [6, 6.07) is 10.9. The van der Waals surface area contributed by atoms with Gasteiger partial charge in [-0.05, 0) is 159 Å². The van der Waals surface area contributed by atoms with Gasteiger partial charge in [0.1, 0.15) is 35.4 Å². The zero-order chi connectivity index (χ0) is 60.6. The monoisotopic (exact) mass is 1140 g/mol. The number of ether oxygens (including phenoxy) is 2. The van der Waals surface area contributed by atoms with Gasteiger partial charge in [0.05, 0.1) is 11.7 Å². The molecule has 0 radical (unpaired) electrons. The highest BCUT2D eigenvalue weighted by Crippen LogP contribution is 2.65. The molecule has 1 aliphatic heterocycles. The van der Waals surface area contributed by atoms with E-state index in [-0.39, 0.29) is 55.7 Å². The molecule has 1 saturated heterocycles. The highest BCUT2D eigenvalue weighted by Gasteiger charge is 2.68. The van der Waals surface area contributed by atoms with E-state index in [1.54, 1.807) is 53.7 Å². The summed E-state index contributed by atoms with van der Waals surface area (Å²) in [6.07, 6.45) is 4.08. The minimum absolute atomic E-state index is 0.00643. The second-order valence-corrected chi connectivity index (χ2v) is 24.9. The molecular weight excluding hydrogens is 1050 g/mol. The van der Waals surface area contributed by atoms with Crippen LogP contribution in [-0.4, -0.2) is 128 Å². The number of benzene rings is 2. The fraction of sp³-hybridized carbons (Fsp3) is 0.661. The first kappa shape index (κ1) is 66.5. The number of carbonyl (C=O) groups excluding carboxylic acids is 8. The minimum Gasteiger partial charge on any atom is -0.444 e. The van der Waals surface area contributed by atoms with Crippen molar-refractivity contribution in [3.8, 4) is 11.1 Å². The van der Waals surface area contributed by atoms with Gasteiger partial charge in [-0.1, -0.05) is 76.4 Å². The Morgan fingerprint density at radius 2 is 1.13 bits per heavy atom. The average molecular weight is 1150 g/mol. The molecule has 82 heavy (non-hydrogen) atoms. The molecule has 9 atom stereocenters. The second kappa shape index (κ2) is 29.8. The molecule has 8 amide bonds. The number of nitrogens with two attached hydrogens (primary N) is 2. The van der Waals surface area contributed by atoms with Crippen molar-refractivity contribution in [3.63, 3.8) is 0 Å². The number of carbonyl (C=O) groups is 8. The van der Waals surface area contributed by atoms with E-state index in [0.717, 1.165) is 43.2 Å². The maximum Gasteiger partial charge on any atom is 0.497 e. The Bertz CT molecular complexity index is 2500. The number of unbranched alkanes of at least 4 members (excludes halogenated alkanes) is 4. The van der Waals surface area contributed by atoms with E-state index in [0.29, 0.717) is 50.1 Å². The van der Waals surface area contributed by atoms with Crippen molar-refractivity contribution in [1.82, 2.24) is 42.5 Å². The quantitative estimate of drug-likeness (QED) is 0.0287. The third-order valence-electron chi connectivity index (χ3n) is 15.5. The molecule has 454 valence electrons. The lowest BCUT2D eigenvalue weighted by Gasteiger charge is -2.64. The molecule has 0 spiro atoms. The standard InChI is InChI=1S/C59H93BN10O12/c1-12-13-19-37-22-24-38(25-23-37)39-26-28-40(29-27-39)48(72)63-31-18-16-21-42(67-49(73)44(66-36(2)71)30-33-65-55(78)80-57(6,7)8)50(74)69-47(61)52(76)68-43(20-15-14-17-32-64-54(77)79-56(3,4)5)51(75)70-53(62)60-81-46-35-41-34-45(58(41,9)10)59(46,11)82-60/h22-29,41-47,53H,12-21,30-35,61-62H2,1-11H3,(H,63,72)(H,64,77)(H,65,78)(H,66,71)(H,67,73)(H,68,76)(H,69,74)(H,70,75)/t41-,42-,43-,44-,45-,46?,47+,53+,59-/m0/s1. The van der Waals surface area contributed by atoms with Gasteiger partial charge in [0.2, 0.25) is 23.6 Å². The number of hydrogen-bond acceptors (Lipinski definition) is 14.